The molecule has 10 aliphatic heterocycles. The van der Waals surface area contributed by atoms with Crippen LogP contribution in [0.4, 0.5) is 0 Å². The maximum absolute atomic E-state index is 10.4. The molecule has 10 rings (SSSR count). The molecule has 31 nitrogen and oxygen atoms in total. The number of nitrogens with zero attached hydrogens (tertiary/aromatic N) is 11. The molecule has 0 spiro atoms. The fourth-order valence-electron chi connectivity index (χ4n) is 9.58. The van der Waals surface area contributed by atoms with E-state index in [0.717, 1.165) is 117 Å². The van der Waals surface area contributed by atoms with Gasteiger partial charge in [0.2, 0.25) is 0 Å². The first-order chi connectivity index (χ1) is 42.6. The minimum absolute atomic E-state index is 0.0324. The zero-order valence-corrected chi connectivity index (χ0v) is 57.6. The number of aliphatic hydroxyl groups is 7. The largest absolute Gasteiger partial charge is 0.480 e. The van der Waals surface area contributed by atoms with Gasteiger partial charge in [0.25, 0.3) is 0 Å². The van der Waals surface area contributed by atoms with Crippen LogP contribution < -0.4 is 5.32 Å². The normalized spacial score (nSPS) is 27.8. The van der Waals surface area contributed by atoms with Crippen LogP contribution in [0.1, 0.15) is 57.8 Å². The lowest BCUT2D eigenvalue weighted by Gasteiger charge is -2.34. The van der Waals surface area contributed by atoms with Gasteiger partial charge in [0.05, 0.1) is 43.7 Å². The van der Waals surface area contributed by atoms with Gasteiger partial charge in [0.15, 0.2) is 0 Å². The number of carbonyl (C=O) groups is 5. The van der Waals surface area contributed by atoms with Gasteiger partial charge >= 0.3 is 29.8 Å². The summed E-state index contributed by atoms with van der Waals surface area (Å²) >= 11 is 0. The highest BCUT2D eigenvalue weighted by molar-refractivity contribution is 5.76. The van der Waals surface area contributed by atoms with E-state index >= 15 is 0 Å². The van der Waals surface area contributed by atoms with Crippen molar-refractivity contribution in [2.75, 3.05) is 217 Å². The van der Waals surface area contributed by atoms with Gasteiger partial charge in [-0.15, -0.1) is 0 Å². The van der Waals surface area contributed by atoms with Crippen molar-refractivity contribution in [2.45, 2.75) is 131 Å². The summed E-state index contributed by atoms with van der Waals surface area (Å²) in [7, 11) is 28.2. The number of aliphatic hydroxyl groups excluding tert-OH is 7. The zero-order chi connectivity index (χ0) is 70.1. The molecule has 0 bridgehead atoms. The number of methoxy groups -OCH3 is 2. The Kier molecular flexibility index (Phi) is 49.7. The van der Waals surface area contributed by atoms with E-state index in [-0.39, 0.29) is 37.1 Å². The van der Waals surface area contributed by atoms with Crippen molar-refractivity contribution in [1.82, 2.24) is 59.2 Å². The van der Waals surface area contributed by atoms with Gasteiger partial charge in [0.1, 0.15) is 42.7 Å². The summed E-state index contributed by atoms with van der Waals surface area (Å²) in [5, 5.41) is 106. The minimum atomic E-state index is -0.937. The van der Waals surface area contributed by atoms with Crippen molar-refractivity contribution in [3.63, 3.8) is 0 Å². The fourth-order valence-corrected chi connectivity index (χ4v) is 9.58. The van der Waals surface area contributed by atoms with Crippen molar-refractivity contribution in [3.8, 4) is 0 Å². The Morgan fingerprint density at radius 3 is 1.16 bits per heavy atom. The lowest BCUT2D eigenvalue weighted by atomic mass is 10.1. The second-order valence-corrected chi connectivity index (χ2v) is 24.8. The molecule has 0 aliphatic carbocycles. The predicted molar refractivity (Wildman–Crippen MR) is 347 cm³/mol. The molecule has 10 aliphatic rings. The number of likely N-dealkylation sites (N-methyl/N-ethyl adjacent to an activating group) is 10. The number of β-amino-alcohol motifs (C(OH)–C–C–N with tert-alkyl or cyclic N) is 3. The number of aliphatic carboxylic acids is 5. The van der Waals surface area contributed by atoms with Crippen LogP contribution in [0.5, 0.6) is 0 Å². The molecule has 0 radical (unpaired) electrons. The molecular weight excluding hydrogens is 1190 g/mol. The summed E-state index contributed by atoms with van der Waals surface area (Å²) in [5.41, 5.74) is 0. The van der Waals surface area contributed by atoms with E-state index < -0.39 is 66.4 Å². The molecule has 0 aromatic rings. The van der Waals surface area contributed by atoms with Crippen LogP contribution in [0.3, 0.4) is 0 Å². The van der Waals surface area contributed by atoms with Crippen molar-refractivity contribution >= 4 is 29.8 Å². The molecule has 9 saturated heterocycles. The zero-order valence-electron chi connectivity index (χ0n) is 57.6. The first-order valence-corrected chi connectivity index (χ1v) is 31.4. The molecule has 10 unspecified atom stereocenters. The maximum Gasteiger partial charge on any atom is 0.324 e. The maximum atomic E-state index is 10.4. The number of ether oxygens (including phenoxy) is 2. The van der Waals surface area contributed by atoms with Crippen LogP contribution in [0, 0.1) is 0 Å². The Balaban J connectivity index is 0. The van der Waals surface area contributed by atoms with Gasteiger partial charge in [-0.1, -0.05) is 12.2 Å². The first kappa shape index (κ1) is 89.3. The van der Waals surface area contributed by atoms with Gasteiger partial charge in [-0.05, 0) is 163 Å². The summed E-state index contributed by atoms with van der Waals surface area (Å²) in [6.45, 7) is 14.9. The third-order valence-corrected chi connectivity index (χ3v) is 16.1. The number of nitrogens with one attached hydrogen (secondary N) is 1. The van der Waals surface area contributed by atoms with E-state index in [9.17, 15) is 24.0 Å². The third kappa shape index (κ3) is 41.6. The number of carboxylic acid groups (broad SMARTS) is 5. The van der Waals surface area contributed by atoms with Crippen LogP contribution in [-0.2, 0) is 33.4 Å². The van der Waals surface area contributed by atoms with Crippen molar-refractivity contribution in [3.05, 3.63) is 12.2 Å². The molecule has 91 heavy (non-hydrogen) atoms. The van der Waals surface area contributed by atoms with Crippen molar-refractivity contribution in [1.29, 1.82) is 0 Å². The van der Waals surface area contributed by atoms with Crippen LogP contribution in [0.25, 0.3) is 0 Å². The molecule has 10 heterocycles. The number of rotatable bonds is 11. The molecule has 0 aromatic heterocycles. The van der Waals surface area contributed by atoms with Crippen molar-refractivity contribution in [2.24, 2.45) is 0 Å². The summed E-state index contributed by atoms with van der Waals surface area (Å²) in [6, 6.07) is -2.00. The van der Waals surface area contributed by atoms with Crippen LogP contribution in [0.2, 0.25) is 0 Å². The number of carboxylic acids is 5. The molecule has 538 valence electrons. The second-order valence-electron chi connectivity index (χ2n) is 24.8. The summed E-state index contributed by atoms with van der Waals surface area (Å²) in [4.78, 5) is 73.2. The SMILES string of the molecule is CN1CC(O)C1.CN1CC(O)CC1C(=O)O.CN1CC=CC1C(=O)O.CN1CCC(O)C1.CN1CCC(O)C1C(=O)O.CN1CCC1.CN1CCC1C(=O)O.CN1CCCC1C(=O)O.CN1CCCC1O.CNC(O)CO.COC1CN(C)C1.COCCN(C)C. The number of hydrogen-bond acceptors (Lipinski definition) is 26. The number of likely N-dealkylation sites (tertiary alicyclic amines) is 9. The fraction of sp³-hybridized carbons (Fsp3) is 0.883. The number of hydrogen-bond donors (Lipinski definition) is 13. The highest BCUT2D eigenvalue weighted by atomic mass is 16.5. The van der Waals surface area contributed by atoms with Crippen molar-refractivity contribution < 1.29 is 94.7 Å². The average Bonchev–Trinajstić information content (AvgIpc) is 2.16. The highest BCUT2D eigenvalue weighted by Crippen LogP contribution is 2.18. The Hall–Kier alpha value is -3.75. The molecule has 0 saturated carbocycles. The van der Waals surface area contributed by atoms with E-state index in [1.165, 1.54) is 19.5 Å². The molecule has 9 fully saturated rings. The quantitative estimate of drug-likeness (QED) is 0.0695. The van der Waals surface area contributed by atoms with E-state index in [2.05, 4.69) is 43.9 Å². The van der Waals surface area contributed by atoms with E-state index in [1.54, 1.807) is 63.2 Å². The standard InChI is InChI=1S/2C6H11NO3.C6H11NO2.C6H9NO2.C5H9NO2.3C5H11NO.C5H13NO.C4H9NO.C4H9N.C3H9NO2/c1-7-3-4(8)2-5(7)6(9)10;1-7-3-2-4(8)5(7)6(9)10;2*1-7-4-2-3-5(7)6(8)9;1-6-3-2-4(6)5(7)8;1-6-3-5(4-6)7-2;1-6-3-2-5(7)4-6;1-6-4-2-3-5(6)7;1-6(2)4-5-7-3;1-5-2-4(6)3-5;1-5-3-2-4-5;1-4-3(6)2-5/h2*4-5,8H,2-3H2,1H3,(H,9,10);5H,2-4H2,1H3,(H,8,9);2-3,5H,4H2,1H3,(H,8,9);4H,2-3H2,1H3,(H,7,8);5H,3-4H2,1-2H3;2*5,7H,2-4H2,1H3;4-5H2,1-3H3;4,6H,2-3H2,1H3;2-4H2,1H3;3-6H,2H2,1H3. The van der Waals surface area contributed by atoms with E-state index in [4.69, 9.17) is 70.8 Å². The van der Waals surface area contributed by atoms with Gasteiger partial charge < -0.3 is 95.3 Å². The molecule has 10 atom stereocenters. The topological polar surface area (TPSA) is 394 Å². The van der Waals surface area contributed by atoms with Gasteiger partial charge in [-0.2, -0.15) is 0 Å². The Morgan fingerprint density at radius 1 is 0.527 bits per heavy atom. The van der Waals surface area contributed by atoms with Crippen LogP contribution in [-0.4, -0.2) is 435 Å². The Labute approximate surface area is 542 Å². The molecular formula is C60H124N12O19. The van der Waals surface area contributed by atoms with E-state index in [0.29, 0.717) is 32.0 Å². The summed E-state index contributed by atoms with van der Waals surface area (Å²) < 4.78 is 9.83. The van der Waals surface area contributed by atoms with Gasteiger partial charge in [-0.25, -0.2) is 0 Å². The summed E-state index contributed by atoms with van der Waals surface area (Å²) in [6.07, 6.45) is 9.95. The Morgan fingerprint density at radius 2 is 1.03 bits per heavy atom. The molecule has 0 aromatic carbocycles. The molecule has 31 heteroatoms. The lowest BCUT2D eigenvalue weighted by Crippen LogP contribution is -2.49. The average molecular weight is 1320 g/mol. The third-order valence-electron chi connectivity index (χ3n) is 16.1. The van der Waals surface area contributed by atoms with E-state index in [1.807, 2.05) is 70.1 Å². The first-order valence-electron chi connectivity index (χ1n) is 31.4. The second kappa shape index (κ2) is 50.6. The lowest BCUT2D eigenvalue weighted by molar-refractivity contribution is -0.147. The van der Waals surface area contributed by atoms with Crippen LogP contribution >= 0.6 is 0 Å². The Bertz CT molecular complexity index is 1910. The van der Waals surface area contributed by atoms with Gasteiger partial charge in [0, 0.05) is 99.2 Å². The monoisotopic (exact) mass is 1320 g/mol. The molecule has 0 amide bonds. The minimum Gasteiger partial charge on any atom is -0.480 e. The molecule has 13 N–H and O–H groups in total. The smallest absolute Gasteiger partial charge is 0.324 e. The highest BCUT2D eigenvalue weighted by Gasteiger charge is 2.36. The summed E-state index contributed by atoms with van der Waals surface area (Å²) in [5.74, 6) is -3.94. The predicted octanol–water partition coefficient (Wildman–Crippen LogP) is -3.86. The van der Waals surface area contributed by atoms with Gasteiger partial charge in [-0.3, -0.25) is 58.7 Å². The van der Waals surface area contributed by atoms with Crippen LogP contribution in [0.15, 0.2) is 12.2 Å².